The monoisotopic (exact) mass is 488 g/mol. The molecule has 1 aliphatic rings. The Morgan fingerprint density at radius 2 is 1.11 bits per heavy atom. The van der Waals surface area contributed by atoms with Crippen molar-refractivity contribution in [3.05, 3.63) is 69.8 Å². The van der Waals surface area contributed by atoms with Crippen LogP contribution in [0.3, 0.4) is 0 Å². The first kappa shape index (κ1) is 26.2. The van der Waals surface area contributed by atoms with E-state index in [0.29, 0.717) is 69.7 Å². The minimum absolute atomic E-state index is 0.0156. The molecular weight excluding hydrogens is 460 g/mol. The third-order valence-corrected chi connectivity index (χ3v) is 5.00. The van der Waals surface area contributed by atoms with E-state index < -0.39 is 4.92 Å². The van der Waals surface area contributed by atoms with Gasteiger partial charge in [0.15, 0.2) is 0 Å². The van der Waals surface area contributed by atoms with Gasteiger partial charge in [0.05, 0.1) is 75.5 Å². The lowest BCUT2D eigenvalue weighted by Crippen LogP contribution is -2.33. The van der Waals surface area contributed by atoms with Crippen molar-refractivity contribution < 1.29 is 38.2 Å². The van der Waals surface area contributed by atoms with E-state index >= 15 is 0 Å². The zero-order chi connectivity index (χ0) is 24.9. The van der Waals surface area contributed by atoms with Crippen molar-refractivity contribution >= 4 is 17.5 Å². The van der Waals surface area contributed by atoms with Gasteiger partial charge in [0.1, 0.15) is 12.4 Å². The fraction of sp³-hybridized carbons (Fsp3) is 0.417. The number of fused-ring (bicyclic) bond motifs is 1. The van der Waals surface area contributed by atoms with Crippen LogP contribution < -0.4 is 4.74 Å². The number of hydrogen-bond acceptors (Lipinski definition) is 9. The van der Waals surface area contributed by atoms with Crippen LogP contribution in [0.4, 0.5) is 5.69 Å². The zero-order valence-electron chi connectivity index (χ0n) is 19.3. The third-order valence-electron chi connectivity index (χ3n) is 5.00. The van der Waals surface area contributed by atoms with Gasteiger partial charge in [0, 0.05) is 12.1 Å². The van der Waals surface area contributed by atoms with Crippen molar-refractivity contribution in [1.82, 2.24) is 4.90 Å². The van der Waals surface area contributed by atoms with Crippen molar-refractivity contribution in [2.45, 2.75) is 0 Å². The number of ether oxygens (including phenoxy) is 5. The predicted octanol–water partition coefficient (Wildman–Crippen LogP) is 2.34. The van der Waals surface area contributed by atoms with Crippen LogP contribution in [0.5, 0.6) is 5.75 Å². The van der Waals surface area contributed by atoms with Crippen molar-refractivity contribution in [2.75, 3.05) is 66.0 Å². The summed E-state index contributed by atoms with van der Waals surface area (Å²) in [6.45, 7) is 3.52. The van der Waals surface area contributed by atoms with Gasteiger partial charge in [-0.05, 0) is 24.3 Å². The molecule has 11 heteroatoms. The van der Waals surface area contributed by atoms with Crippen molar-refractivity contribution in [2.24, 2.45) is 0 Å². The lowest BCUT2D eigenvalue weighted by Gasteiger charge is -2.13. The zero-order valence-corrected chi connectivity index (χ0v) is 19.3. The van der Waals surface area contributed by atoms with Crippen LogP contribution in [-0.2, 0) is 18.9 Å². The molecule has 2 aromatic rings. The maximum Gasteiger partial charge on any atom is 0.269 e. The fourth-order valence-corrected chi connectivity index (χ4v) is 3.24. The molecule has 2 amide bonds. The van der Waals surface area contributed by atoms with Gasteiger partial charge in [0.25, 0.3) is 17.5 Å². The summed E-state index contributed by atoms with van der Waals surface area (Å²) in [6.07, 6.45) is 0. The first-order chi connectivity index (χ1) is 17.1. The van der Waals surface area contributed by atoms with E-state index in [1.54, 1.807) is 36.4 Å². The SMILES string of the molecule is O=C1c2ccccc2C(=O)N1CCOCCOCCOCCOCCOc1ccc([N+](=O)[O-])cc1. The molecule has 35 heavy (non-hydrogen) atoms. The van der Waals surface area contributed by atoms with Crippen LogP contribution >= 0.6 is 0 Å². The van der Waals surface area contributed by atoms with Crippen LogP contribution in [0.1, 0.15) is 20.7 Å². The van der Waals surface area contributed by atoms with E-state index in [9.17, 15) is 19.7 Å². The van der Waals surface area contributed by atoms with Crippen molar-refractivity contribution in [1.29, 1.82) is 0 Å². The summed E-state index contributed by atoms with van der Waals surface area (Å²) >= 11 is 0. The highest BCUT2D eigenvalue weighted by molar-refractivity contribution is 6.21. The number of amides is 2. The Morgan fingerprint density at radius 1 is 0.657 bits per heavy atom. The third kappa shape index (κ3) is 8.11. The lowest BCUT2D eigenvalue weighted by molar-refractivity contribution is -0.384. The summed E-state index contributed by atoms with van der Waals surface area (Å²) in [6, 6.07) is 12.6. The van der Waals surface area contributed by atoms with E-state index in [1.807, 2.05) is 0 Å². The van der Waals surface area contributed by atoms with Crippen LogP contribution in [-0.4, -0.2) is 87.6 Å². The summed E-state index contributed by atoms with van der Waals surface area (Å²) in [5.41, 5.74) is 0.880. The second-order valence-corrected chi connectivity index (χ2v) is 7.36. The highest BCUT2D eigenvalue weighted by Gasteiger charge is 2.34. The summed E-state index contributed by atoms with van der Waals surface area (Å²) in [4.78, 5) is 35.8. The predicted molar refractivity (Wildman–Crippen MR) is 124 cm³/mol. The standard InChI is InChI=1S/C24H28N2O9/c27-23-21-3-1-2-4-22(21)24(28)25(23)9-10-31-11-12-32-13-14-33-15-16-34-17-18-35-20-7-5-19(6-8-20)26(29)30/h1-8H,9-18H2. The number of nitrogens with zero attached hydrogens (tertiary/aromatic N) is 2. The summed E-state index contributed by atoms with van der Waals surface area (Å²) in [5, 5.41) is 10.6. The van der Waals surface area contributed by atoms with E-state index in [4.69, 9.17) is 23.7 Å². The Labute approximate surface area is 202 Å². The number of rotatable bonds is 17. The molecule has 0 spiro atoms. The maximum absolute atomic E-state index is 12.2. The molecule has 0 saturated heterocycles. The molecule has 0 atom stereocenters. The Bertz CT molecular complexity index is 946. The number of carbonyl (C=O) groups excluding carboxylic acids is 2. The smallest absolute Gasteiger partial charge is 0.269 e. The minimum atomic E-state index is -0.463. The van der Waals surface area contributed by atoms with Crippen LogP contribution in [0.25, 0.3) is 0 Å². The highest BCUT2D eigenvalue weighted by Crippen LogP contribution is 2.22. The Morgan fingerprint density at radius 3 is 1.60 bits per heavy atom. The van der Waals surface area contributed by atoms with Crippen LogP contribution in [0.15, 0.2) is 48.5 Å². The lowest BCUT2D eigenvalue weighted by atomic mass is 10.1. The van der Waals surface area contributed by atoms with Gasteiger partial charge in [-0.25, -0.2) is 0 Å². The summed E-state index contributed by atoms with van der Waals surface area (Å²) in [7, 11) is 0. The number of nitro benzene ring substituents is 1. The summed E-state index contributed by atoms with van der Waals surface area (Å²) in [5.74, 6) is -0.0349. The van der Waals surface area contributed by atoms with Gasteiger partial charge >= 0.3 is 0 Å². The molecule has 188 valence electrons. The first-order valence-corrected chi connectivity index (χ1v) is 11.2. The highest BCUT2D eigenvalue weighted by atomic mass is 16.6. The molecule has 0 aromatic heterocycles. The van der Waals surface area contributed by atoms with Crippen LogP contribution in [0, 0.1) is 10.1 Å². The minimum Gasteiger partial charge on any atom is -0.491 e. The number of hydrogen-bond donors (Lipinski definition) is 0. The van der Waals surface area contributed by atoms with Gasteiger partial charge in [-0.2, -0.15) is 0 Å². The topological polar surface area (TPSA) is 127 Å². The van der Waals surface area contributed by atoms with Gasteiger partial charge < -0.3 is 23.7 Å². The number of imide groups is 1. The molecule has 1 heterocycles. The molecule has 3 rings (SSSR count). The van der Waals surface area contributed by atoms with E-state index in [0.717, 1.165) is 0 Å². The van der Waals surface area contributed by atoms with Crippen molar-refractivity contribution in [3.63, 3.8) is 0 Å². The Balaban J connectivity index is 1.09. The molecule has 2 aromatic carbocycles. The number of nitro groups is 1. The Hall–Kier alpha value is -3.38. The van der Waals surface area contributed by atoms with Crippen LogP contribution in [0.2, 0.25) is 0 Å². The molecular formula is C24H28N2O9. The number of carbonyl (C=O) groups is 2. The molecule has 0 bridgehead atoms. The van der Waals surface area contributed by atoms with Gasteiger partial charge in [-0.3, -0.25) is 24.6 Å². The first-order valence-electron chi connectivity index (χ1n) is 11.2. The Kier molecular flexibility index (Phi) is 10.6. The van der Waals surface area contributed by atoms with E-state index in [1.165, 1.54) is 17.0 Å². The largest absolute Gasteiger partial charge is 0.491 e. The molecule has 0 unspecified atom stereocenters. The van der Waals surface area contributed by atoms with Crippen molar-refractivity contribution in [3.8, 4) is 5.75 Å². The van der Waals surface area contributed by atoms with Gasteiger partial charge in [0.2, 0.25) is 0 Å². The van der Waals surface area contributed by atoms with E-state index in [2.05, 4.69) is 0 Å². The van der Waals surface area contributed by atoms with Gasteiger partial charge in [-0.15, -0.1) is 0 Å². The molecule has 0 aliphatic carbocycles. The second kappa shape index (κ2) is 14.1. The molecule has 11 nitrogen and oxygen atoms in total. The number of non-ortho nitro benzene ring substituents is 1. The average Bonchev–Trinajstić information content (AvgIpc) is 3.11. The molecule has 0 N–H and O–H groups in total. The summed E-state index contributed by atoms with van der Waals surface area (Å²) < 4.78 is 27.1. The van der Waals surface area contributed by atoms with Gasteiger partial charge in [-0.1, -0.05) is 12.1 Å². The maximum atomic E-state index is 12.2. The quantitative estimate of drug-likeness (QED) is 0.143. The number of benzene rings is 2. The molecule has 0 fully saturated rings. The van der Waals surface area contributed by atoms with E-state index in [-0.39, 0.29) is 30.7 Å². The molecule has 1 aliphatic heterocycles. The fourth-order valence-electron chi connectivity index (χ4n) is 3.24. The molecule has 0 saturated carbocycles. The molecule has 0 radical (unpaired) electrons. The average molecular weight is 488 g/mol. The second-order valence-electron chi connectivity index (χ2n) is 7.36. The normalized spacial score (nSPS) is 12.7.